The van der Waals surface area contributed by atoms with Crippen LogP contribution in [-0.4, -0.2) is 19.9 Å². The van der Waals surface area contributed by atoms with E-state index in [1.807, 2.05) is 19.3 Å². The van der Waals surface area contributed by atoms with Crippen LogP contribution in [0.25, 0.3) is 11.4 Å². The smallest absolute Gasteiger partial charge is 0.331 e. The van der Waals surface area contributed by atoms with Gasteiger partial charge in [-0.3, -0.25) is 4.68 Å². The maximum Gasteiger partial charge on any atom is 0.400 e. The van der Waals surface area contributed by atoms with Crippen molar-refractivity contribution in [1.29, 1.82) is 0 Å². The van der Waals surface area contributed by atoms with Crippen LogP contribution in [0, 0.1) is 0 Å². The molecular weight excluding hydrogens is 346 g/mol. The van der Waals surface area contributed by atoms with Crippen molar-refractivity contribution in [2.75, 3.05) is 0 Å². The minimum absolute atomic E-state index is 0.0360. The van der Waals surface area contributed by atoms with Crippen LogP contribution in [-0.2, 0) is 12.4 Å². The zero-order chi connectivity index (χ0) is 16.6. The van der Waals surface area contributed by atoms with E-state index in [-0.39, 0.29) is 11.1 Å². The average Bonchev–Trinajstić information content (AvgIpc) is 3.15. The van der Waals surface area contributed by atoms with Gasteiger partial charge in [0.25, 0.3) is 0 Å². The van der Waals surface area contributed by atoms with Gasteiger partial charge in [-0.1, -0.05) is 23.4 Å². The summed E-state index contributed by atoms with van der Waals surface area (Å²) in [6, 6.07) is 7.07. The third-order valence-electron chi connectivity index (χ3n) is 3.17. The molecule has 3 aromatic rings. The molecule has 0 amide bonds. The Labute approximate surface area is 140 Å². The molecule has 120 valence electrons. The van der Waals surface area contributed by atoms with Crippen molar-refractivity contribution in [2.24, 2.45) is 7.05 Å². The number of nitrogens with zero attached hydrogens (tertiary/aromatic N) is 4. The van der Waals surface area contributed by atoms with Gasteiger partial charge in [-0.2, -0.15) is 31.5 Å². The van der Waals surface area contributed by atoms with E-state index in [1.54, 1.807) is 29.1 Å². The molecule has 0 aliphatic carbocycles. The first-order valence-corrected chi connectivity index (χ1v) is 7.42. The Morgan fingerprint density at radius 1 is 1.35 bits per heavy atom. The lowest BCUT2D eigenvalue weighted by molar-refractivity contribution is 0.0551. The van der Waals surface area contributed by atoms with Crippen LogP contribution in [0.3, 0.4) is 0 Å². The molecule has 1 atom stereocenters. The molecule has 2 heterocycles. The predicted molar refractivity (Wildman–Crippen MR) is 83.5 cm³/mol. The van der Waals surface area contributed by atoms with E-state index in [0.29, 0.717) is 5.56 Å². The van der Waals surface area contributed by atoms with Gasteiger partial charge in [0.2, 0.25) is 5.82 Å². The Kier molecular flexibility index (Phi) is 4.11. The third-order valence-corrected chi connectivity index (χ3v) is 3.93. The second-order valence-electron chi connectivity index (χ2n) is 4.90. The molecule has 0 radical (unpaired) electrons. The van der Waals surface area contributed by atoms with Crippen molar-refractivity contribution in [2.45, 2.75) is 10.6 Å². The molecule has 2 aromatic heterocycles. The first-order valence-electron chi connectivity index (χ1n) is 6.52. The highest BCUT2D eigenvalue weighted by atomic mass is 35.5. The average molecular weight is 357 g/mol. The summed E-state index contributed by atoms with van der Waals surface area (Å²) in [6.07, 6.45) is 3.57. The Balaban J connectivity index is 1.92. The topological polar surface area (TPSA) is 56.7 Å². The van der Waals surface area contributed by atoms with Crippen molar-refractivity contribution in [1.82, 2.24) is 19.9 Å². The zero-order valence-electron chi connectivity index (χ0n) is 11.8. The Morgan fingerprint density at radius 2 is 2.13 bits per heavy atom. The highest BCUT2D eigenvalue weighted by Crippen LogP contribution is 2.33. The van der Waals surface area contributed by atoms with E-state index in [2.05, 4.69) is 32.4 Å². The van der Waals surface area contributed by atoms with E-state index in [9.17, 15) is 8.78 Å². The van der Waals surface area contributed by atoms with Crippen LogP contribution in [0.1, 0.15) is 22.3 Å². The van der Waals surface area contributed by atoms with Crippen LogP contribution in [0.4, 0.5) is 8.78 Å². The fourth-order valence-corrected chi connectivity index (χ4v) is 2.45. The molecule has 9 heteroatoms. The summed E-state index contributed by atoms with van der Waals surface area (Å²) in [5.74, 6) is -0.900. The summed E-state index contributed by atoms with van der Waals surface area (Å²) in [6.45, 7) is 0. The second kappa shape index (κ2) is 5.93. The molecular formula is C14H11ClF2N4OS. The minimum atomic E-state index is -3.69. The third kappa shape index (κ3) is 3.37. The van der Waals surface area contributed by atoms with Crippen molar-refractivity contribution >= 4 is 24.2 Å². The van der Waals surface area contributed by atoms with E-state index in [4.69, 9.17) is 11.6 Å². The van der Waals surface area contributed by atoms with Crippen LogP contribution in [0.5, 0.6) is 0 Å². The highest BCUT2D eigenvalue weighted by molar-refractivity contribution is 7.80. The van der Waals surface area contributed by atoms with Crippen molar-refractivity contribution < 1.29 is 13.3 Å². The lowest BCUT2D eigenvalue weighted by Gasteiger charge is -2.09. The number of aromatic nitrogens is 4. The Hall–Kier alpha value is -1.93. The molecule has 0 N–H and O–H groups in total. The number of hydrogen-bond acceptors (Lipinski definition) is 5. The molecule has 0 fully saturated rings. The summed E-state index contributed by atoms with van der Waals surface area (Å²) in [7, 11) is 1.81. The monoisotopic (exact) mass is 356 g/mol. The molecule has 1 aromatic carbocycles. The summed E-state index contributed by atoms with van der Waals surface area (Å²) >= 11 is 9.45. The number of benzene rings is 1. The summed E-state index contributed by atoms with van der Waals surface area (Å²) < 4.78 is 32.1. The Bertz CT molecular complexity index is 830. The molecule has 1 unspecified atom stereocenters. The quantitative estimate of drug-likeness (QED) is 0.571. The van der Waals surface area contributed by atoms with E-state index in [1.165, 1.54) is 0 Å². The van der Waals surface area contributed by atoms with Gasteiger partial charge in [0, 0.05) is 24.4 Å². The summed E-state index contributed by atoms with van der Waals surface area (Å²) in [4.78, 5) is 3.63. The molecule has 0 aliphatic heterocycles. The van der Waals surface area contributed by atoms with Gasteiger partial charge >= 0.3 is 11.3 Å². The van der Waals surface area contributed by atoms with E-state index >= 15 is 0 Å². The molecule has 5 nitrogen and oxygen atoms in total. The Morgan fingerprint density at radius 3 is 2.74 bits per heavy atom. The number of rotatable bonds is 4. The van der Waals surface area contributed by atoms with E-state index in [0.717, 1.165) is 11.1 Å². The lowest BCUT2D eigenvalue weighted by Crippen LogP contribution is -2.03. The van der Waals surface area contributed by atoms with Gasteiger partial charge in [-0.05, 0) is 23.2 Å². The molecule has 0 spiro atoms. The van der Waals surface area contributed by atoms with Gasteiger partial charge in [0.15, 0.2) is 0 Å². The number of alkyl halides is 3. The van der Waals surface area contributed by atoms with Gasteiger partial charge in [0.1, 0.15) is 0 Å². The van der Waals surface area contributed by atoms with Crippen molar-refractivity contribution in [3.8, 4) is 11.4 Å². The fraction of sp³-hybridized carbons (Fsp3) is 0.214. The largest absolute Gasteiger partial charge is 0.400 e. The highest BCUT2D eigenvalue weighted by Gasteiger charge is 2.35. The number of hydrogen-bond donors (Lipinski definition) is 1. The van der Waals surface area contributed by atoms with Gasteiger partial charge in [0.05, 0.1) is 11.4 Å². The molecule has 0 saturated carbocycles. The molecule has 0 bridgehead atoms. The van der Waals surface area contributed by atoms with Crippen LogP contribution < -0.4 is 0 Å². The molecule has 0 aliphatic rings. The van der Waals surface area contributed by atoms with Gasteiger partial charge in [-0.25, -0.2) is 0 Å². The van der Waals surface area contributed by atoms with Gasteiger partial charge in [-0.15, -0.1) is 0 Å². The number of thiol groups is 1. The van der Waals surface area contributed by atoms with E-state index < -0.39 is 11.3 Å². The molecule has 0 saturated heterocycles. The summed E-state index contributed by atoms with van der Waals surface area (Å²) in [5, 5.41) is 3.73. The lowest BCUT2D eigenvalue weighted by atomic mass is 10.0. The van der Waals surface area contributed by atoms with Crippen LogP contribution >= 0.6 is 24.2 Å². The molecule has 3 rings (SSSR count). The SMILES string of the molecule is Cn1cc(C(S)c2cccc(-c3noc(C(F)(F)Cl)n3)c2)cn1. The molecule has 23 heavy (non-hydrogen) atoms. The van der Waals surface area contributed by atoms with Crippen LogP contribution in [0.15, 0.2) is 41.2 Å². The van der Waals surface area contributed by atoms with Gasteiger partial charge < -0.3 is 4.52 Å². The minimum Gasteiger partial charge on any atom is -0.331 e. The first-order chi connectivity index (χ1) is 10.8. The maximum atomic E-state index is 13.0. The van der Waals surface area contributed by atoms with Crippen molar-refractivity contribution in [3.05, 3.63) is 53.7 Å². The van der Waals surface area contributed by atoms with Crippen LogP contribution in [0.2, 0.25) is 0 Å². The summed E-state index contributed by atoms with van der Waals surface area (Å²) in [5.41, 5.74) is 2.29. The second-order valence-corrected chi connectivity index (χ2v) is 5.89. The van der Waals surface area contributed by atoms with Crippen molar-refractivity contribution in [3.63, 3.8) is 0 Å². The zero-order valence-corrected chi connectivity index (χ0v) is 13.5. The predicted octanol–water partition coefficient (Wildman–Crippen LogP) is 3.78. The number of aryl methyl sites for hydroxylation is 1. The standard InChI is InChI=1S/C14H11ClF2N4OS/c1-21-7-10(6-18-21)11(23)8-3-2-4-9(5-8)12-19-13(22-20-12)14(15,16)17/h2-7,11,23H,1H3. The normalized spacial score (nSPS) is 13.3. The first kappa shape index (κ1) is 15.9. The fourth-order valence-electron chi connectivity index (χ4n) is 2.08. The number of halogens is 3. The maximum absolute atomic E-state index is 13.0.